The minimum Gasteiger partial charge on any atom is -1.00 e. The van der Waals surface area contributed by atoms with Gasteiger partial charge in [0.1, 0.15) is 5.70 Å². The lowest BCUT2D eigenvalue weighted by atomic mass is 10.5. The van der Waals surface area contributed by atoms with E-state index in [0.29, 0.717) is 5.70 Å². The smallest absolute Gasteiger partial charge is 0.246 e. The van der Waals surface area contributed by atoms with Crippen LogP contribution in [-0.4, -0.2) is 5.21 Å². The van der Waals surface area contributed by atoms with E-state index in [4.69, 9.17) is 10.5 Å². The predicted octanol–water partition coefficient (Wildman–Crippen LogP) is -3.41. The summed E-state index contributed by atoms with van der Waals surface area (Å²) in [6.07, 6.45) is 3.32. The first-order chi connectivity index (χ1) is 4.25. The fraction of sp³-hybridized carbons (Fsp3) is 0.167. The number of nitriles is 1. The second-order valence-electron chi connectivity index (χ2n) is 1.89. The molecule has 1 unspecified atom stereocenters. The standard InChI is InChI=1S/C6H6N2O.ClH/c1-5-2-3-6(4-7)8(5)9;/h2-3,9H,1H3;1H. The molecule has 1 rings (SSSR count). The van der Waals surface area contributed by atoms with Crippen LogP contribution < -0.4 is 17.5 Å². The molecule has 54 valence electrons. The van der Waals surface area contributed by atoms with Gasteiger partial charge in [-0.25, -0.2) is 5.21 Å². The summed E-state index contributed by atoms with van der Waals surface area (Å²) in [4.78, 5) is 0. The Morgan fingerprint density at radius 1 is 1.60 bits per heavy atom. The molecule has 0 amide bonds. The molecule has 1 aliphatic heterocycles. The first kappa shape index (κ1) is 9.18. The third-order valence-corrected chi connectivity index (χ3v) is 1.25. The zero-order valence-electron chi connectivity index (χ0n) is 5.43. The first-order valence-electron chi connectivity index (χ1n) is 2.61. The number of hydrogen-bond acceptors (Lipinski definition) is 2. The quantitative estimate of drug-likeness (QED) is 0.386. The summed E-state index contributed by atoms with van der Waals surface area (Å²) in [5, 5.41) is 17.4. The normalized spacial score (nSPS) is 22.3. The number of nitrogens with one attached hydrogen (secondary N) is 1. The molecule has 0 aromatic rings. The molecule has 1 atom stereocenters. The van der Waals surface area contributed by atoms with Crippen LogP contribution in [-0.2, 0) is 0 Å². The van der Waals surface area contributed by atoms with Crippen molar-refractivity contribution in [1.82, 2.24) is 0 Å². The number of nitrogens with zero attached hydrogens (tertiary/aromatic N) is 1. The number of quaternary nitrogens is 1. The van der Waals surface area contributed by atoms with E-state index in [2.05, 4.69) is 0 Å². The van der Waals surface area contributed by atoms with Crippen LogP contribution in [0.25, 0.3) is 0 Å². The van der Waals surface area contributed by atoms with Gasteiger partial charge in [0, 0.05) is 19.1 Å². The molecule has 0 aromatic carbocycles. The van der Waals surface area contributed by atoms with Crippen LogP contribution in [0.5, 0.6) is 0 Å². The largest absolute Gasteiger partial charge is 1.00 e. The minimum atomic E-state index is 0. The second-order valence-corrected chi connectivity index (χ2v) is 1.89. The number of rotatable bonds is 0. The molecule has 0 fully saturated rings. The molecular weight excluding hydrogens is 152 g/mol. The maximum absolute atomic E-state index is 9.02. The topological polar surface area (TPSA) is 48.5 Å². The van der Waals surface area contributed by atoms with Gasteiger partial charge in [-0.3, -0.25) is 0 Å². The van der Waals surface area contributed by atoms with E-state index in [1.54, 1.807) is 19.1 Å². The van der Waals surface area contributed by atoms with Crippen LogP contribution in [0.15, 0.2) is 23.5 Å². The molecule has 10 heavy (non-hydrogen) atoms. The maximum Gasteiger partial charge on any atom is 0.246 e. The van der Waals surface area contributed by atoms with Gasteiger partial charge in [0.2, 0.25) is 5.70 Å². The number of hydrogen-bond donors (Lipinski definition) is 2. The molecule has 0 bridgehead atoms. The van der Waals surface area contributed by atoms with Gasteiger partial charge >= 0.3 is 0 Å². The predicted molar refractivity (Wildman–Crippen MR) is 30.2 cm³/mol. The van der Waals surface area contributed by atoms with Crippen molar-refractivity contribution in [2.75, 3.05) is 0 Å². The summed E-state index contributed by atoms with van der Waals surface area (Å²) < 4.78 is 0. The Balaban J connectivity index is 0.000000810. The summed E-state index contributed by atoms with van der Waals surface area (Å²) in [7, 11) is 0. The van der Waals surface area contributed by atoms with Gasteiger partial charge in [-0.15, -0.1) is 5.06 Å². The van der Waals surface area contributed by atoms with Crippen molar-refractivity contribution in [2.24, 2.45) is 0 Å². The van der Waals surface area contributed by atoms with Crippen molar-refractivity contribution in [1.29, 1.82) is 5.26 Å². The summed E-state index contributed by atoms with van der Waals surface area (Å²) in [6, 6.07) is 1.87. The van der Waals surface area contributed by atoms with Crippen molar-refractivity contribution in [2.45, 2.75) is 6.92 Å². The zero-order valence-corrected chi connectivity index (χ0v) is 6.18. The fourth-order valence-electron chi connectivity index (χ4n) is 0.669. The summed E-state index contributed by atoms with van der Waals surface area (Å²) in [5.74, 6) is 0. The lowest BCUT2D eigenvalue weighted by molar-refractivity contribution is -1.02. The Kier molecular flexibility index (Phi) is 3.10. The third kappa shape index (κ3) is 1.36. The highest BCUT2D eigenvalue weighted by Gasteiger charge is 2.19. The third-order valence-electron chi connectivity index (χ3n) is 1.25. The Bertz CT molecular complexity index is 226. The first-order valence-corrected chi connectivity index (χ1v) is 2.61. The molecule has 2 N–H and O–H groups in total. The highest BCUT2D eigenvalue weighted by atomic mass is 35.5. The van der Waals surface area contributed by atoms with Crippen LogP contribution in [0.2, 0.25) is 0 Å². The Labute approximate surface area is 65.2 Å². The van der Waals surface area contributed by atoms with Crippen LogP contribution in [0, 0.1) is 11.3 Å². The molecule has 0 aromatic heterocycles. The van der Waals surface area contributed by atoms with E-state index in [1.807, 2.05) is 6.07 Å². The van der Waals surface area contributed by atoms with Crippen molar-refractivity contribution in [3.05, 3.63) is 23.5 Å². The molecule has 1 heterocycles. The number of allylic oxidation sites excluding steroid dienone is 4. The van der Waals surface area contributed by atoms with E-state index < -0.39 is 0 Å². The molecule has 1 aliphatic rings. The number of hydroxylamine groups is 2. The molecule has 0 saturated heterocycles. The molecule has 0 aliphatic carbocycles. The molecule has 0 spiro atoms. The SMILES string of the molecule is CC1=CC=C(C#N)[NH+]1O.[Cl-]. The molecule has 0 radical (unpaired) electrons. The Hall–Kier alpha value is -0.820. The van der Waals surface area contributed by atoms with Crippen molar-refractivity contribution >= 4 is 0 Å². The lowest BCUT2D eigenvalue weighted by Gasteiger charge is -2.00. The molecule has 4 heteroatoms. The summed E-state index contributed by atoms with van der Waals surface area (Å²) in [6.45, 7) is 1.76. The van der Waals surface area contributed by atoms with Gasteiger partial charge in [-0.2, -0.15) is 5.26 Å². The number of halogens is 1. The van der Waals surface area contributed by atoms with Crippen LogP contribution in [0.3, 0.4) is 0 Å². The lowest BCUT2D eigenvalue weighted by Crippen LogP contribution is -3.04. The summed E-state index contributed by atoms with van der Waals surface area (Å²) in [5.41, 5.74) is 1.11. The van der Waals surface area contributed by atoms with E-state index in [9.17, 15) is 0 Å². The average Bonchev–Trinajstić information content (AvgIpc) is 2.15. The van der Waals surface area contributed by atoms with E-state index >= 15 is 0 Å². The molecule has 3 nitrogen and oxygen atoms in total. The average molecular weight is 159 g/mol. The zero-order chi connectivity index (χ0) is 6.85. The Morgan fingerprint density at radius 2 is 2.20 bits per heavy atom. The van der Waals surface area contributed by atoms with E-state index in [0.717, 1.165) is 5.70 Å². The fourth-order valence-corrected chi connectivity index (χ4v) is 0.669. The highest BCUT2D eigenvalue weighted by Crippen LogP contribution is 1.94. The Morgan fingerprint density at radius 3 is 2.40 bits per heavy atom. The minimum absolute atomic E-state index is 0. The van der Waals surface area contributed by atoms with E-state index in [-0.39, 0.29) is 17.5 Å². The van der Waals surface area contributed by atoms with Gasteiger partial charge in [-0.05, 0) is 0 Å². The monoisotopic (exact) mass is 158 g/mol. The van der Waals surface area contributed by atoms with Gasteiger partial charge in [-0.1, -0.05) is 0 Å². The van der Waals surface area contributed by atoms with Gasteiger partial charge < -0.3 is 12.4 Å². The summed E-state index contributed by atoms with van der Waals surface area (Å²) >= 11 is 0. The van der Waals surface area contributed by atoms with Gasteiger partial charge in [0.05, 0.1) is 0 Å². The van der Waals surface area contributed by atoms with E-state index in [1.165, 1.54) is 0 Å². The van der Waals surface area contributed by atoms with Gasteiger partial charge in [0.15, 0.2) is 6.07 Å². The van der Waals surface area contributed by atoms with Crippen LogP contribution in [0.1, 0.15) is 6.92 Å². The maximum atomic E-state index is 9.02. The highest BCUT2D eigenvalue weighted by molar-refractivity contribution is 5.24. The molecule has 0 saturated carbocycles. The van der Waals surface area contributed by atoms with Gasteiger partial charge in [0.25, 0.3) is 0 Å². The van der Waals surface area contributed by atoms with Crippen LogP contribution >= 0.6 is 0 Å². The van der Waals surface area contributed by atoms with Crippen molar-refractivity contribution in [3.63, 3.8) is 0 Å². The van der Waals surface area contributed by atoms with Crippen molar-refractivity contribution in [3.8, 4) is 6.07 Å². The van der Waals surface area contributed by atoms with Crippen LogP contribution in [0.4, 0.5) is 0 Å². The molecular formula is C6H7ClN2O. The van der Waals surface area contributed by atoms with Crippen molar-refractivity contribution < 1.29 is 22.7 Å². The second kappa shape index (κ2) is 3.37.